The second-order valence-corrected chi connectivity index (χ2v) is 6.35. The molecule has 0 atom stereocenters. The van der Waals surface area contributed by atoms with E-state index in [1.165, 1.54) is 22.5 Å². The van der Waals surface area contributed by atoms with Gasteiger partial charge in [-0.05, 0) is 28.1 Å². The van der Waals surface area contributed by atoms with Gasteiger partial charge in [-0.15, -0.1) is 16.9 Å². The second-order valence-electron chi connectivity index (χ2n) is 5.36. The highest BCUT2D eigenvalue weighted by Gasteiger charge is 2.12. The highest BCUT2D eigenvalue weighted by molar-refractivity contribution is 7.99. The smallest absolute Gasteiger partial charge is 0.230 e. The van der Waals surface area contributed by atoms with Crippen molar-refractivity contribution in [1.82, 2.24) is 25.5 Å². The number of rotatable bonds is 7. The fourth-order valence-electron chi connectivity index (χ4n) is 2.20. The zero-order chi connectivity index (χ0) is 18.4. The summed E-state index contributed by atoms with van der Waals surface area (Å²) in [7, 11) is 0. The topological polar surface area (TPSA) is 72.7 Å². The van der Waals surface area contributed by atoms with Crippen molar-refractivity contribution in [3.63, 3.8) is 0 Å². The van der Waals surface area contributed by atoms with Crippen LogP contribution >= 0.6 is 11.8 Å². The SMILES string of the molecule is O=C(CSCc1ccccc1)NCc1nnnn1-c1ccc(F)c(F)c1. The van der Waals surface area contributed by atoms with Gasteiger partial charge in [-0.2, -0.15) is 4.68 Å². The molecule has 2 aromatic carbocycles. The summed E-state index contributed by atoms with van der Waals surface area (Å²) in [5.41, 5.74) is 1.42. The predicted octanol–water partition coefficient (Wildman–Crippen LogP) is 2.49. The standard InChI is InChI=1S/C17H15F2N5OS/c18-14-7-6-13(8-15(14)19)24-16(21-22-23-24)9-20-17(25)11-26-10-12-4-2-1-3-5-12/h1-8H,9-11H2,(H,20,25). The van der Waals surface area contributed by atoms with E-state index in [1.54, 1.807) is 0 Å². The van der Waals surface area contributed by atoms with Crippen molar-refractivity contribution in [3.8, 4) is 5.69 Å². The Morgan fingerprint density at radius 1 is 1.12 bits per heavy atom. The third-order valence-corrected chi connectivity index (χ3v) is 4.47. The Morgan fingerprint density at radius 3 is 2.69 bits per heavy atom. The van der Waals surface area contributed by atoms with Gasteiger partial charge in [0.15, 0.2) is 17.5 Å². The minimum atomic E-state index is -0.995. The molecular weight excluding hydrogens is 360 g/mol. The van der Waals surface area contributed by atoms with E-state index < -0.39 is 11.6 Å². The van der Waals surface area contributed by atoms with E-state index >= 15 is 0 Å². The van der Waals surface area contributed by atoms with E-state index in [4.69, 9.17) is 0 Å². The first kappa shape index (κ1) is 18.0. The lowest BCUT2D eigenvalue weighted by Crippen LogP contribution is -2.26. The summed E-state index contributed by atoms with van der Waals surface area (Å²) in [6.07, 6.45) is 0. The van der Waals surface area contributed by atoms with Crippen LogP contribution in [0.15, 0.2) is 48.5 Å². The molecule has 0 aliphatic rings. The van der Waals surface area contributed by atoms with Gasteiger partial charge in [-0.3, -0.25) is 4.79 Å². The van der Waals surface area contributed by atoms with E-state index in [9.17, 15) is 13.6 Å². The number of carbonyl (C=O) groups is 1. The van der Waals surface area contributed by atoms with Gasteiger partial charge in [0.25, 0.3) is 0 Å². The average Bonchev–Trinajstić information content (AvgIpc) is 3.12. The maximum Gasteiger partial charge on any atom is 0.230 e. The molecular formula is C17H15F2N5OS. The fraction of sp³-hybridized carbons (Fsp3) is 0.176. The molecule has 1 N–H and O–H groups in total. The summed E-state index contributed by atoms with van der Waals surface area (Å²) in [5.74, 6) is -0.761. The van der Waals surface area contributed by atoms with Crippen molar-refractivity contribution in [1.29, 1.82) is 0 Å². The van der Waals surface area contributed by atoms with E-state index in [-0.39, 0.29) is 18.1 Å². The summed E-state index contributed by atoms with van der Waals surface area (Å²) >= 11 is 1.49. The third kappa shape index (κ3) is 4.63. The molecule has 3 aromatic rings. The summed E-state index contributed by atoms with van der Waals surface area (Å²) in [6, 6.07) is 13.2. The molecule has 6 nitrogen and oxygen atoms in total. The Kier molecular flexibility index (Phi) is 5.90. The van der Waals surface area contributed by atoms with Crippen LogP contribution in [0.5, 0.6) is 0 Å². The lowest BCUT2D eigenvalue weighted by Gasteiger charge is -2.07. The number of amides is 1. The van der Waals surface area contributed by atoms with Crippen molar-refractivity contribution in [2.45, 2.75) is 12.3 Å². The highest BCUT2D eigenvalue weighted by atomic mass is 32.2. The van der Waals surface area contributed by atoms with Gasteiger partial charge < -0.3 is 5.32 Å². The van der Waals surface area contributed by atoms with Crippen molar-refractivity contribution in [3.05, 3.63) is 71.6 Å². The molecule has 0 aliphatic carbocycles. The molecule has 0 spiro atoms. The number of hydrogen-bond donors (Lipinski definition) is 1. The molecule has 1 amide bonds. The van der Waals surface area contributed by atoms with Crippen LogP contribution in [0, 0.1) is 11.6 Å². The van der Waals surface area contributed by atoms with Crippen molar-refractivity contribution in [2.24, 2.45) is 0 Å². The van der Waals surface area contributed by atoms with Gasteiger partial charge in [-0.25, -0.2) is 8.78 Å². The summed E-state index contributed by atoms with van der Waals surface area (Å²) in [6.45, 7) is 0.0801. The number of hydrogen-bond acceptors (Lipinski definition) is 5. The predicted molar refractivity (Wildman–Crippen MR) is 93.5 cm³/mol. The van der Waals surface area contributed by atoms with Crippen LogP contribution in [0.25, 0.3) is 5.69 Å². The largest absolute Gasteiger partial charge is 0.348 e. The molecule has 3 rings (SSSR count). The quantitative estimate of drug-likeness (QED) is 0.687. The molecule has 0 fully saturated rings. The fourth-order valence-corrected chi connectivity index (χ4v) is 3.02. The molecule has 0 unspecified atom stereocenters. The molecule has 26 heavy (non-hydrogen) atoms. The van der Waals surface area contributed by atoms with Crippen molar-refractivity contribution >= 4 is 17.7 Å². The molecule has 0 saturated carbocycles. The number of benzene rings is 2. The maximum atomic E-state index is 13.4. The highest BCUT2D eigenvalue weighted by Crippen LogP contribution is 2.13. The Labute approximate surface area is 152 Å². The molecule has 0 bridgehead atoms. The Morgan fingerprint density at radius 2 is 1.92 bits per heavy atom. The van der Waals surface area contributed by atoms with Gasteiger partial charge in [0, 0.05) is 11.8 Å². The molecule has 0 aliphatic heterocycles. The normalized spacial score (nSPS) is 10.7. The third-order valence-electron chi connectivity index (χ3n) is 3.47. The summed E-state index contributed by atoms with van der Waals surface area (Å²) in [4.78, 5) is 12.0. The number of halogens is 2. The minimum Gasteiger partial charge on any atom is -0.348 e. The Hall–Kier alpha value is -2.81. The maximum absolute atomic E-state index is 13.4. The Bertz CT molecular complexity index is 888. The first-order valence-corrected chi connectivity index (χ1v) is 8.90. The number of carbonyl (C=O) groups excluding carboxylic acids is 1. The first-order valence-electron chi connectivity index (χ1n) is 7.74. The Balaban J connectivity index is 1.53. The number of aromatic nitrogens is 4. The molecule has 0 radical (unpaired) electrons. The molecule has 1 heterocycles. The van der Waals surface area contributed by atoms with Gasteiger partial charge >= 0.3 is 0 Å². The van der Waals surface area contributed by atoms with E-state index in [2.05, 4.69) is 20.8 Å². The minimum absolute atomic E-state index is 0.0801. The molecule has 134 valence electrons. The number of thioether (sulfide) groups is 1. The molecule has 1 aromatic heterocycles. The zero-order valence-electron chi connectivity index (χ0n) is 13.6. The monoisotopic (exact) mass is 375 g/mol. The summed E-state index contributed by atoms with van der Waals surface area (Å²) in [5, 5.41) is 13.8. The van der Waals surface area contributed by atoms with Gasteiger partial charge in [0.2, 0.25) is 5.91 Å². The van der Waals surface area contributed by atoms with E-state index in [0.717, 1.165) is 23.4 Å². The van der Waals surface area contributed by atoms with Crippen molar-refractivity contribution in [2.75, 3.05) is 5.75 Å². The van der Waals surface area contributed by atoms with Crippen molar-refractivity contribution < 1.29 is 13.6 Å². The molecule has 0 saturated heterocycles. The van der Waals surface area contributed by atoms with Crippen LogP contribution in [0.2, 0.25) is 0 Å². The zero-order valence-corrected chi connectivity index (χ0v) is 14.4. The van der Waals surface area contributed by atoms with E-state index in [1.807, 2.05) is 30.3 Å². The van der Waals surface area contributed by atoms with Crippen LogP contribution in [0.4, 0.5) is 8.78 Å². The van der Waals surface area contributed by atoms with Gasteiger partial charge in [-0.1, -0.05) is 30.3 Å². The first-order chi connectivity index (χ1) is 12.6. The van der Waals surface area contributed by atoms with Crippen LogP contribution in [-0.4, -0.2) is 31.9 Å². The molecule has 9 heteroatoms. The van der Waals surface area contributed by atoms with Gasteiger partial charge in [0.1, 0.15) is 0 Å². The van der Waals surface area contributed by atoms with Crippen LogP contribution < -0.4 is 5.32 Å². The van der Waals surface area contributed by atoms with Gasteiger partial charge in [0.05, 0.1) is 18.0 Å². The lowest BCUT2D eigenvalue weighted by atomic mass is 10.2. The van der Waals surface area contributed by atoms with E-state index in [0.29, 0.717) is 11.6 Å². The lowest BCUT2D eigenvalue weighted by molar-refractivity contribution is -0.118. The second kappa shape index (κ2) is 8.52. The van der Waals surface area contributed by atoms with Crippen LogP contribution in [0.3, 0.4) is 0 Å². The number of nitrogens with zero attached hydrogens (tertiary/aromatic N) is 4. The van der Waals surface area contributed by atoms with Crippen LogP contribution in [-0.2, 0) is 17.1 Å². The number of nitrogens with one attached hydrogen (secondary N) is 1. The summed E-state index contributed by atoms with van der Waals surface area (Å²) < 4.78 is 27.7. The van der Waals surface area contributed by atoms with Crippen LogP contribution in [0.1, 0.15) is 11.4 Å². The number of tetrazole rings is 1. The average molecular weight is 375 g/mol.